The van der Waals surface area contributed by atoms with Crippen LogP contribution < -0.4 is 5.32 Å². The van der Waals surface area contributed by atoms with Crippen LogP contribution in [0, 0.1) is 0 Å². The standard InChI is InChI=1S/C12H13F2NO2/c13-11(14)8-3-1-2-7(6-8)10(12(16)17)15-9-4-5-9/h1-3,6,9-11,15H,4-5H2,(H,16,17). The van der Waals surface area contributed by atoms with E-state index in [4.69, 9.17) is 5.11 Å². The Hall–Kier alpha value is -1.49. The number of carboxylic acid groups (broad SMARTS) is 1. The molecule has 0 amide bonds. The van der Waals surface area contributed by atoms with Crippen LogP contribution in [0.3, 0.4) is 0 Å². The minimum atomic E-state index is -2.58. The number of aliphatic carboxylic acids is 1. The SMILES string of the molecule is O=C(O)C(NC1CC1)c1cccc(C(F)F)c1. The van der Waals surface area contributed by atoms with Gasteiger partial charge in [-0.2, -0.15) is 0 Å². The Morgan fingerprint density at radius 3 is 2.53 bits per heavy atom. The van der Waals surface area contributed by atoms with Crippen molar-refractivity contribution >= 4 is 5.97 Å². The maximum Gasteiger partial charge on any atom is 0.325 e. The third-order valence-electron chi connectivity index (χ3n) is 2.72. The first-order valence-corrected chi connectivity index (χ1v) is 5.45. The average molecular weight is 241 g/mol. The molecule has 1 fully saturated rings. The number of carbonyl (C=O) groups is 1. The first kappa shape index (κ1) is 12.0. The molecular formula is C12H13F2NO2. The Balaban J connectivity index is 2.21. The fourth-order valence-corrected chi connectivity index (χ4v) is 1.67. The number of nitrogens with one attached hydrogen (secondary N) is 1. The fourth-order valence-electron chi connectivity index (χ4n) is 1.67. The van der Waals surface area contributed by atoms with E-state index in [1.165, 1.54) is 18.2 Å². The van der Waals surface area contributed by atoms with E-state index < -0.39 is 18.4 Å². The molecule has 0 aliphatic heterocycles. The molecule has 2 rings (SSSR count). The van der Waals surface area contributed by atoms with Crippen LogP contribution in [0.5, 0.6) is 0 Å². The van der Waals surface area contributed by atoms with Crippen LogP contribution in [0.1, 0.15) is 36.4 Å². The van der Waals surface area contributed by atoms with E-state index in [2.05, 4.69) is 5.32 Å². The highest BCUT2D eigenvalue weighted by Crippen LogP contribution is 2.27. The van der Waals surface area contributed by atoms with Crippen molar-refractivity contribution in [3.05, 3.63) is 35.4 Å². The molecule has 1 atom stereocenters. The van der Waals surface area contributed by atoms with Gasteiger partial charge in [-0.3, -0.25) is 10.1 Å². The van der Waals surface area contributed by atoms with E-state index in [-0.39, 0.29) is 11.6 Å². The molecule has 1 aromatic carbocycles. The molecule has 0 aromatic heterocycles. The first-order chi connectivity index (χ1) is 8.08. The first-order valence-electron chi connectivity index (χ1n) is 5.45. The van der Waals surface area contributed by atoms with Crippen molar-refractivity contribution in [1.82, 2.24) is 5.32 Å². The van der Waals surface area contributed by atoms with E-state index in [1.54, 1.807) is 6.07 Å². The Kier molecular flexibility index (Phi) is 3.38. The van der Waals surface area contributed by atoms with Gasteiger partial charge < -0.3 is 5.11 Å². The van der Waals surface area contributed by atoms with Crippen molar-refractivity contribution in [3.8, 4) is 0 Å². The van der Waals surface area contributed by atoms with Crippen molar-refractivity contribution in [2.45, 2.75) is 31.4 Å². The summed E-state index contributed by atoms with van der Waals surface area (Å²) in [5.74, 6) is -1.04. The molecule has 0 bridgehead atoms. The molecule has 17 heavy (non-hydrogen) atoms. The summed E-state index contributed by atoms with van der Waals surface area (Å²) in [5.41, 5.74) is 0.230. The third kappa shape index (κ3) is 3.00. The minimum absolute atomic E-state index is 0.147. The van der Waals surface area contributed by atoms with Crippen molar-refractivity contribution in [2.24, 2.45) is 0 Å². The highest BCUT2D eigenvalue weighted by atomic mass is 19.3. The van der Waals surface area contributed by atoms with E-state index >= 15 is 0 Å². The van der Waals surface area contributed by atoms with Gasteiger partial charge >= 0.3 is 5.97 Å². The molecule has 1 aliphatic carbocycles. The highest BCUT2D eigenvalue weighted by molar-refractivity contribution is 5.75. The second-order valence-corrected chi connectivity index (χ2v) is 4.18. The van der Waals surface area contributed by atoms with E-state index in [1.807, 2.05) is 0 Å². The van der Waals surface area contributed by atoms with Crippen LogP contribution in [-0.4, -0.2) is 17.1 Å². The van der Waals surface area contributed by atoms with Gasteiger partial charge in [0.05, 0.1) is 0 Å². The van der Waals surface area contributed by atoms with E-state index in [9.17, 15) is 13.6 Å². The molecule has 1 aliphatic rings. The Bertz CT molecular complexity index is 419. The number of hydrogen-bond donors (Lipinski definition) is 2. The van der Waals surface area contributed by atoms with E-state index in [0.29, 0.717) is 5.56 Å². The lowest BCUT2D eigenvalue weighted by Crippen LogP contribution is -2.30. The number of carboxylic acids is 1. The number of rotatable bonds is 5. The average Bonchev–Trinajstić information content (AvgIpc) is 3.09. The summed E-state index contributed by atoms with van der Waals surface area (Å²) in [4.78, 5) is 11.1. The lowest BCUT2D eigenvalue weighted by atomic mass is 10.0. The normalized spacial score (nSPS) is 17.1. The Morgan fingerprint density at radius 2 is 2.00 bits per heavy atom. The van der Waals surface area contributed by atoms with Gasteiger partial charge in [0.2, 0.25) is 0 Å². The van der Waals surface area contributed by atoms with Gasteiger partial charge in [-0.05, 0) is 24.5 Å². The molecular weight excluding hydrogens is 228 g/mol. The van der Waals surface area contributed by atoms with Crippen LogP contribution >= 0.6 is 0 Å². The fraction of sp³-hybridized carbons (Fsp3) is 0.417. The van der Waals surface area contributed by atoms with Crippen LogP contribution in [-0.2, 0) is 4.79 Å². The lowest BCUT2D eigenvalue weighted by molar-refractivity contribution is -0.139. The summed E-state index contributed by atoms with van der Waals surface area (Å²) in [6.07, 6.45) is -0.693. The monoisotopic (exact) mass is 241 g/mol. The zero-order chi connectivity index (χ0) is 12.4. The molecule has 0 radical (unpaired) electrons. The molecule has 3 nitrogen and oxygen atoms in total. The van der Waals surface area contributed by atoms with E-state index in [0.717, 1.165) is 12.8 Å². The largest absolute Gasteiger partial charge is 0.480 e. The maximum atomic E-state index is 12.5. The van der Waals surface area contributed by atoms with Crippen molar-refractivity contribution in [1.29, 1.82) is 0 Å². The number of benzene rings is 1. The minimum Gasteiger partial charge on any atom is -0.480 e. The molecule has 1 saturated carbocycles. The number of hydrogen-bond acceptors (Lipinski definition) is 2. The van der Waals surface area contributed by atoms with Gasteiger partial charge in [0, 0.05) is 11.6 Å². The predicted molar refractivity (Wildman–Crippen MR) is 57.9 cm³/mol. The molecule has 5 heteroatoms. The van der Waals surface area contributed by atoms with Gasteiger partial charge in [-0.15, -0.1) is 0 Å². The number of halogens is 2. The summed E-state index contributed by atoms with van der Waals surface area (Å²) >= 11 is 0. The van der Waals surface area contributed by atoms with Crippen LogP contribution in [0.4, 0.5) is 8.78 Å². The summed E-state index contributed by atoms with van der Waals surface area (Å²) in [6, 6.07) is 4.86. The molecule has 0 heterocycles. The second-order valence-electron chi connectivity index (χ2n) is 4.18. The second kappa shape index (κ2) is 4.79. The summed E-state index contributed by atoms with van der Waals surface area (Å²) in [5, 5.41) is 12.0. The summed E-state index contributed by atoms with van der Waals surface area (Å²) < 4.78 is 25.0. The van der Waals surface area contributed by atoms with Gasteiger partial charge in [0.15, 0.2) is 0 Å². The molecule has 0 spiro atoms. The van der Waals surface area contributed by atoms with Gasteiger partial charge in [0.25, 0.3) is 6.43 Å². The third-order valence-corrected chi connectivity index (χ3v) is 2.72. The lowest BCUT2D eigenvalue weighted by Gasteiger charge is -2.15. The molecule has 1 unspecified atom stereocenters. The number of alkyl halides is 2. The summed E-state index contributed by atoms with van der Waals surface area (Å²) in [6.45, 7) is 0. The molecule has 1 aromatic rings. The Morgan fingerprint density at radius 1 is 1.35 bits per heavy atom. The highest BCUT2D eigenvalue weighted by Gasteiger charge is 2.29. The molecule has 92 valence electrons. The van der Waals surface area contributed by atoms with Gasteiger partial charge in [-0.25, -0.2) is 8.78 Å². The molecule has 2 N–H and O–H groups in total. The summed E-state index contributed by atoms with van der Waals surface area (Å²) in [7, 11) is 0. The van der Waals surface area contributed by atoms with Crippen molar-refractivity contribution in [2.75, 3.05) is 0 Å². The zero-order valence-corrected chi connectivity index (χ0v) is 9.07. The zero-order valence-electron chi connectivity index (χ0n) is 9.07. The van der Waals surface area contributed by atoms with Crippen LogP contribution in [0.25, 0.3) is 0 Å². The predicted octanol–water partition coefficient (Wildman–Crippen LogP) is 2.50. The van der Waals surface area contributed by atoms with Crippen molar-refractivity contribution < 1.29 is 18.7 Å². The van der Waals surface area contributed by atoms with Gasteiger partial charge in [-0.1, -0.05) is 18.2 Å². The maximum absolute atomic E-state index is 12.5. The Labute approximate surface area is 97.5 Å². The van der Waals surface area contributed by atoms with Crippen LogP contribution in [0.15, 0.2) is 24.3 Å². The smallest absolute Gasteiger partial charge is 0.325 e. The topological polar surface area (TPSA) is 49.3 Å². The van der Waals surface area contributed by atoms with Crippen molar-refractivity contribution in [3.63, 3.8) is 0 Å². The van der Waals surface area contributed by atoms with Crippen LogP contribution in [0.2, 0.25) is 0 Å². The molecule has 0 saturated heterocycles. The van der Waals surface area contributed by atoms with Gasteiger partial charge in [0.1, 0.15) is 6.04 Å². The quantitative estimate of drug-likeness (QED) is 0.832.